The van der Waals surface area contributed by atoms with E-state index < -0.39 is 0 Å². The van der Waals surface area contributed by atoms with E-state index in [2.05, 4.69) is 4.90 Å². The van der Waals surface area contributed by atoms with E-state index in [0.717, 1.165) is 18.0 Å². The predicted octanol–water partition coefficient (Wildman–Crippen LogP) is 1.76. The van der Waals surface area contributed by atoms with Gasteiger partial charge in [0.05, 0.1) is 12.2 Å². The molecule has 2 rings (SSSR count). The van der Waals surface area contributed by atoms with Crippen molar-refractivity contribution in [3.05, 3.63) is 24.0 Å². The smallest absolute Gasteiger partial charge is 0.143 e. The molecule has 0 aliphatic carbocycles. The number of fused-ring (bicyclic) bond motifs is 1. The second-order valence-electron chi connectivity index (χ2n) is 4.28. The first kappa shape index (κ1) is 11.2. The lowest BCUT2D eigenvalue weighted by molar-refractivity contribution is 0.208. The summed E-state index contributed by atoms with van der Waals surface area (Å²) in [7, 11) is 0. The highest BCUT2D eigenvalue weighted by Crippen LogP contribution is 2.34. The molecule has 88 valence electrons. The lowest BCUT2D eigenvalue weighted by Gasteiger charge is -2.38. The van der Waals surface area contributed by atoms with E-state index >= 15 is 0 Å². The maximum Gasteiger partial charge on any atom is 0.143 e. The second kappa shape index (κ2) is 4.29. The Morgan fingerprint density at radius 3 is 3.06 bits per heavy atom. The van der Waals surface area contributed by atoms with Gasteiger partial charge in [0.25, 0.3) is 0 Å². The molecule has 0 fully saturated rings. The average molecular weight is 224 g/mol. The van der Waals surface area contributed by atoms with Crippen molar-refractivity contribution in [1.29, 1.82) is 0 Å². The molecule has 0 radical (unpaired) electrons. The normalized spacial score (nSPS) is 21.2. The molecule has 0 spiro atoms. The molecule has 0 saturated heterocycles. The van der Waals surface area contributed by atoms with Crippen LogP contribution in [0.4, 0.5) is 10.1 Å². The van der Waals surface area contributed by atoms with E-state index in [0.29, 0.717) is 6.54 Å². The number of anilines is 1. The third-order valence-corrected chi connectivity index (χ3v) is 2.89. The Balaban J connectivity index is 2.39. The fraction of sp³-hybridized carbons (Fsp3) is 0.500. The highest BCUT2D eigenvalue weighted by Gasteiger charge is 2.26. The number of rotatable bonds is 2. The van der Waals surface area contributed by atoms with Gasteiger partial charge in [-0.2, -0.15) is 0 Å². The minimum atomic E-state index is -0.244. The van der Waals surface area contributed by atoms with Gasteiger partial charge >= 0.3 is 0 Å². The quantitative estimate of drug-likeness (QED) is 0.832. The van der Waals surface area contributed by atoms with Crippen LogP contribution in [0.15, 0.2) is 18.2 Å². The molecule has 0 aromatic heterocycles. The third-order valence-electron chi connectivity index (χ3n) is 2.89. The van der Waals surface area contributed by atoms with Crippen LogP contribution in [0, 0.1) is 5.82 Å². The largest absolute Gasteiger partial charge is 0.487 e. The highest BCUT2D eigenvalue weighted by molar-refractivity contribution is 5.61. The van der Waals surface area contributed by atoms with Crippen LogP contribution in [0.2, 0.25) is 0 Å². The number of halogens is 1. The van der Waals surface area contributed by atoms with Crippen LogP contribution < -0.4 is 15.4 Å². The highest BCUT2D eigenvalue weighted by atomic mass is 19.1. The standard InChI is InChI=1S/C12H17FN2O/c1-8(6-14)15-7-9(2)16-12-4-3-10(13)5-11(12)15/h3-5,8-9H,6-7,14H2,1-2H3. The topological polar surface area (TPSA) is 38.5 Å². The molecule has 2 atom stereocenters. The maximum absolute atomic E-state index is 13.2. The van der Waals surface area contributed by atoms with E-state index in [9.17, 15) is 4.39 Å². The zero-order valence-electron chi connectivity index (χ0n) is 9.61. The van der Waals surface area contributed by atoms with Crippen molar-refractivity contribution in [2.24, 2.45) is 5.73 Å². The minimum Gasteiger partial charge on any atom is -0.487 e. The Kier molecular flexibility index (Phi) is 3.01. The van der Waals surface area contributed by atoms with E-state index in [4.69, 9.17) is 10.5 Å². The molecular formula is C12H17FN2O. The van der Waals surface area contributed by atoms with E-state index in [1.54, 1.807) is 6.07 Å². The summed E-state index contributed by atoms with van der Waals surface area (Å²) in [4.78, 5) is 2.10. The van der Waals surface area contributed by atoms with Gasteiger partial charge in [-0.05, 0) is 26.0 Å². The van der Waals surface area contributed by atoms with E-state index in [1.807, 2.05) is 13.8 Å². The Labute approximate surface area is 95.0 Å². The number of nitrogens with zero attached hydrogens (tertiary/aromatic N) is 1. The first-order valence-corrected chi connectivity index (χ1v) is 5.54. The maximum atomic E-state index is 13.2. The lowest BCUT2D eigenvalue weighted by Crippen LogP contribution is -2.46. The first-order chi connectivity index (χ1) is 7.61. The summed E-state index contributed by atoms with van der Waals surface area (Å²) in [6.07, 6.45) is 0.104. The van der Waals surface area contributed by atoms with Crippen LogP contribution in [0.25, 0.3) is 0 Å². The number of benzene rings is 1. The molecule has 1 aromatic rings. The Hall–Kier alpha value is -1.29. The van der Waals surface area contributed by atoms with Crippen molar-refractivity contribution in [2.45, 2.75) is 26.0 Å². The predicted molar refractivity (Wildman–Crippen MR) is 62.4 cm³/mol. The Morgan fingerprint density at radius 1 is 1.62 bits per heavy atom. The molecule has 4 heteroatoms. The van der Waals surface area contributed by atoms with Crippen molar-refractivity contribution >= 4 is 5.69 Å². The van der Waals surface area contributed by atoms with Gasteiger partial charge in [0.15, 0.2) is 0 Å². The first-order valence-electron chi connectivity index (χ1n) is 5.54. The summed E-state index contributed by atoms with van der Waals surface area (Å²) >= 11 is 0. The summed E-state index contributed by atoms with van der Waals surface area (Å²) in [5, 5.41) is 0. The van der Waals surface area contributed by atoms with Crippen LogP contribution in [0.3, 0.4) is 0 Å². The SMILES string of the molecule is CC1CN(C(C)CN)c2cc(F)ccc2O1. The summed E-state index contributed by atoms with van der Waals surface area (Å²) < 4.78 is 18.9. The minimum absolute atomic E-state index is 0.104. The molecule has 0 bridgehead atoms. The van der Waals surface area contributed by atoms with Crippen molar-refractivity contribution in [3.8, 4) is 5.75 Å². The molecule has 1 aliphatic heterocycles. The van der Waals surface area contributed by atoms with Crippen LogP contribution >= 0.6 is 0 Å². The fourth-order valence-electron chi connectivity index (χ4n) is 1.99. The van der Waals surface area contributed by atoms with Gasteiger partial charge in [-0.25, -0.2) is 4.39 Å². The van der Waals surface area contributed by atoms with Gasteiger partial charge in [0.1, 0.15) is 17.7 Å². The van der Waals surface area contributed by atoms with Crippen LogP contribution in [0.5, 0.6) is 5.75 Å². The molecule has 0 saturated carbocycles. The molecule has 2 unspecified atom stereocenters. The molecule has 1 aliphatic rings. The summed E-state index contributed by atoms with van der Waals surface area (Å²) in [6, 6.07) is 4.79. The Morgan fingerprint density at radius 2 is 2.38 bits per heavy atom. The summed E-state index contributed by atoms with van der Waals surface area (Å²) in [5.41, 5.74) is 6.47. The van der Waals surface area contributed by atoms with Gasteiger partial charge < -0.3 is 15.4 Å². The van der Waals surface area contributed by atoms with Crippen LogP contribution in [-0.4, -0.2) is 25.2 Å². The number of hydrogen-bond donors (Lipinski definition) is 1. The van der Waals surface area contributed by atoms with E-state index in [1.165, 1.54) is 12.1 Å². The van der Waals surface area contributed by atoms with E-state index in [-0.39, 0.29) is 18.0 Å². The van der Waals surface area contributed by atoms with Crippen molar-refractivity contribution in [2.75, 3.05) is 18.0 Å². The molecule has 3 nitrogen and oxygen atoms in total. The number of nitrogens with two attached hydrogens (primary N) is 1. The third kappa shape index (κ3) is 1.97. The van der Waals surface area contributed by atoms with Gasteiger partial charge in [0, 0.05) is 18.7 Å². The average Bonchev–Trinajstić information content (AvgIpc) is 2.27. The van der Waals surface area contributed by atoms with Crippen LogP contribution in [-0.2, 0) is 0 Å². The molecular weight excluding hydrogens is 207 g/mol. The van der Waals surface area contributed by atoms with Crippen molar-refractivity contribution < 1.29 is 9.13 Å². The van der Waals surface area contributed by atoms with Gasteiger partial charge in [-0.1, -0.05) is 0 Å². The van der Waals surface area contributed by atoms with Gasteiger partial charge in [0.2, 0.25) is 0 Å². The van der Waals surface area contributed by atoms with Crippen LogP contribution in [0.1, 0.15) is 13.8 Å². The summed E-state index contributed by atoms with van der Waals surface area (Å²) in [6.45, 7) is 5.33. The van der Waals surface area contributed by atoms with Gasteiger partial charge in [-0.3, -0.25) is 0 Å². The van der Waals surface area contributed by atoms with Gasteiger partial charge in [-0.15, -0.1) is 0 Å². The monoisotopic (exact) mass is 224 g/mol. The molecule has 1 aromatic carbocycles. The molecule has 16 heavy (non-hydrogen) atoms. The fourth-order valence-corrected chi connectivity index (χ4v) is 1.99. The number of ether oxygens (including phenoxy) is 1. The zero-order valence-corrected chi connectivity index (χ0v) is 9.61. The number of hydrogen-bond acceptors (Lipinski definition) is 3. The lowest BCUT2D eigenvalue weighted by atomic mass is 10.1. The molecule has 0 amide bonds. The van der Waals surface area contributed by atoms with Crippen molar-refractivity contribution in [3.63, 3.8) is 0 Å². The Bertz CT molecular complexity index is 383. The molecule has 2 N–H and O–H groups in total. The summed E-state index contributed by atoms with van der Waals surface area (Å²) in [5.74, 6) is 0.492. The van der Waals surface area contributed by atoms with Crippen molar-refractivity contribution in [1.82, 2.24) is 0 Å². The second-order valence-corrected chi connectivity index (χ2v) is 4.28. The zero-order chi connectivity index (χ0) is 11.7. The molecule has 1 heterocycles.